The van der Waals surface area contributed by atoms with Gasteiger partial charge in [-0.25, -0.2) is 9.37 Å². The maximum Gasteiger partial charge on any atom is 0.123 e. The van der Waals surface area contributed by atoms with Gasteiger partial charge in [-0.2, -0.15) is 0 Å². The van der Waals surface area contributed by atoms with Crippen LogP contribution in [0.4, 0.5) is 4.39 Å². The van der Waals surface area contributed by atoms with Crippen molar-refractivity contribution in [3.8, 4) is 0 Å². The van der Waals surface area contributed by atoms with Crippen LogP contribution in [-0.4, -0.2) is 17.8 Å². The molecule has 0 aliphatic carbocycles. The SMILES string of the molecule is BCCC=CCC(c1ccccc1)c1ccccc1.CCc1cc(F)cc(Cc2ncc(C)[nH]2)c1. The molecule has 0 bridgehead atoms. The van der Waals surface area contributed by atoms with Crippen LogP contribution in [0.25, 0.3) is 0 Å². The van der Waals surface area contributed by atoms with Gasteiger partial charge < -0.3 is 4.98 Å². The average molecular weight is 466 g/mol. The molecule has 3 aromatic carbocycles. The maximum atomic E-state index is 13.3. The molecule has 2 nitrogen and oxygen atoms in total. The van der Waals surface area contributed by atoms with Crippen molar-refractivity contribution in [3.05, 3.63) is 137 Å². The number of aryl methyl sites for hydroxylation is 2. The predicted molar refractivity (Wildman–Crippen MR) is 148 cm³/mol. The number of aromatic nitrogens is 2. The Labute approximate surface area is 210 Å². The summed E-state index contributed by atoms with van der Waals surface area (Å²) in [6, 6.07) is 26.8. The van der Waals surface area contributed by atoms with Gasteiger partial charge in [-0.3, -0.25) is 0 Å². The molecular formula is C31H36BFN2. The van der Waals surface area contributed by atoms with Crippen molar-refractivity contribution >= 4 is 7.85 Å². The van der Waals surface area contributed by atoms with Crippen LogP contribution in [0.5, 0.6) is 0 Å². The van der Waals surface area contributed by atoms with Gasteiger partial charge in [0.15, 0.2) is 0 Å². The first-order valence-electron chi connectivity index (χ1n) is 12.6. The van der Waals surface area contributed by atoms with Gasteiger partial charge in [-0.05, 0) is 60.6 Å². The minimum Gasteiger partial charge on any atom is -0.346 e. The van der Waals surface area contributed by atoms with Crippen LogP contribution in [-0.2, 0) is 12.8 Å². The second kappa shape index (κ2) is 14.1. The fraction of sp³-hybridized carbons (Fsp3) is 0.258. The quantitative estimate of drug-likeness (QED) is 0.205. The first kappa shape index (κ1) is 26.2. The summed E-state index contributed by atoms with van der Waals surface area (Å²) in [7, 11) is 2.22. The van der Waals surface area contributed by atoms with Gasteiger partial charge >= 0.3 is 0 Å². The Bertz CT molecular complexity index is 1130. The van der Waals surface area contributed by atoms with Crippen molar-refractivity contribution in [1.29, 1.82) is 0 Å². The van der Waals surface area contributed by atoms with Gasteiger partial charge in [-0.15, -0.1) is 0 Å². The third-order valence-corrected chi connectivity index (χ3v) is 5.95. The average Bonchev–Trinajstić information content (AvgIpc) is 3.29. The molecule has 4 rings (SSSR count). The summed E-state index contributed by atoms with van der Waals surface area (Å²) in [6.45, 7) is 3.98. The van der Waals surface area contributed by atoms with Crippen molar-refractivity contribution in [3.63, 3.8) is 0 Å². The largest absolute Gasteiger partial charge is 0.346 e. The van der Waals surface area contributed by atoms with E-state index in [1.54, 1.807) is 18.3 Å². The van der Waals surface area contributed by atoms with Gasteiger partial charge in [0.05, 0.1) is 0 Å². The molecule has 0 aliphatic rings. The van der Waals surface area contributed by atoms with E-state index in [9.17, 15) is 4.39 Å². The fourth-order valence-corrected chi connectivity index (χ4v) is 4.13. The second-order valence-corrected chi connectivity index (χ2v) is 8.88. The Hall–Kier alpha value is -3.40. The summed E-state index contributed by atoms with van der Waals surface area (Å²) in [5.41, 5.74) is 5.82. The van der Waals surface area contributed by atoms with E-state index in [1.807, 2.05) is 19.9 Å². The lowest BCUT2D eigenvalue weighted by atomic mass is 9.88. The zero-order valence-corrected chi connectivity index (χ0v) is 21.2. The van der Waals surface area contributed by atoms with Crippen LogP contribution in [0, 0.1) is 12.7 Å². The molecule has 180 valence electrons. The highest BCUT2D eigenvalue weighted by atomic mass is 19.1. The van der Waals surface area contributed by atoms with E-state index in [0.717, 1.165) is 35.5 Å². The van der Waals surface area contributed by atoms with Gasteiger partial charge in [-0.1, -0.05) is 92.1 Å². The van der Waals surface area contributed by atoms with Crippen molar-refractivity contribution in [2.75, 3.05) is 0 Å². The van der Waals surface area contributed by atoms with Crippen molar-refractivity contribution in [2.24, 2.45) is 0 Å². The number of hydrogen-bond donors (Lipinski definition) is 1. The lowest BCUT2D eigenvalue weighted by Gasteiger charge is -2.16. The van der Waals surface area contributed by atoms with Crippen molar-refractivity contribution in [1.82, 2.24) is 9.97 Å². The van der Waals surface area contributed by atoms with Gasteiger partial charge in [0.25, 0.3) is 0 Å². The van der Waals surface area contributed by atoms with E-state index < -0.39 is 0 Å². The van der Waals surface area contributed by atoms with Gasteiger partial charge in [0.1, 0.15) is 19.5 Å². The van der Waals surface area contributed by atoms with Crippen LogP contribution in [0.2, 0.25) is 6.32 Å². The summed E-state index contributed by atoms with van der Waals surface area (Å²) in [5, 5.41) is 0. The second-order valence-electron chi connectivity index (χ2n) is 8.88. The lowest BCUT2D eigenvalue weighted by molar-refractivity contribution is 0.623. The van der Waals surface area contributed by atoms with E-state index in [0.29, 0.717) is 12.3 Å². The number of allylic oxidation sites excluding steroid dienone is 2. The molecule has 1 heterocycles. The molecule has 1 aromatic heterocycles. The van der Waals surface area contributed by atoms with Gasteiger partial charge in [0.2, 0.25) is 0 Å². The standard InChI is InChI=1S/C18H21B.C13H15FN2/c19-15-9-3-8-14-18(16-10-4-1-5-11-16)17-12-6-2-7-13-17;1-3-10-4-11(6-12(14)5-10)7-13-15-8-9(2)16-13/h1-8,10-13,18H,9,14-15,19H2;4-6,8H,3,7H2,1-2H3,(H,15,16). The first-order valence-corrected chi connectivity index (χ1v) is 12.6. The minimum absolute atomic E-state index is 0.169. The van der Waals surface area contributed by atoms with Crippen LogP contribution in [0.3, 0.4) is 0 Å². The molecule has 35 heavy (non-hydrogen) atoms. The number of benzene rings is 3. The van der Waals surface area contributed by atoms with Crippen LogP contribution < -0.4 is 0 Å². The number of H-pyrrole nitrogens is 1. The molecule has 4 heteroatoms. The van der Waals surface area contributed by atoms with Crippen molar-refractivity contribution < 1.29 is 4.39 Å². The van der Waals surface area contributed by atoms with E-state index in [-0.39, 0.29) is 5.82 Å². The third kappa shape index (κ3) is 8.71. The molecule has 0 saturated heterocycles. The first-order chi connectivity index (χ1) is 17.1. The third-order valence-electron chi connectivity index (χ3n) is 5.95. The smallest absolute Gasteiger partial charge is 0.123 e. The number of hydrogen-bond acceptors (Lipinski definition) is 1. The number of imidazole rings is 1. The monoisotopic (exact) mass is 466 g/mol. The minimum atomic E-state index is -0.169. The molecule has 0 radical (unpaired) electrons. The number of aromatic amines is 1. The highest BCUT2D eigenvalue weighted by Gasteiger charge is 2.11. The van der Waals surface area contributed by atoms with Gasteiger partial charge in [0, 0.05) is 24.2 Å². The van der Waals surface area contributed by atoms with Crippen LogP contribution >= 0.6 is 0 Å². The van der Waals surface area contributed by atoms with Crippen LogP contribution in [0.1, 0.15) is 59.5 Å². The van der Waals surface area contributed by atoms with E-state index in [4.69, 9.17) is 0 Å². The summed E-state index contributed by atoms with van der Waals surface area (Å²) < 4.78 is 13.3. The van der Waals surface area contributed by atoms with Crippen LogP contribution in [0.15, 0.2) is 97.2 Å². The Balaban J connectivity index is 0.000000198. The number of rotatable bonds is 9. The molecule has 4 aromatic rings. The fourth-order valence-electron chi connectivity index (χ4n) is 4.13. The molecule has 0 spiro atoms. The number of nitrogens with one attached hydrogen (secondary N) is 1. The number of halogens is 1. The van der Waals surface area contributed by atoms with E-state index >= 15 is 0 Å². The Morgan fingerprint density at radius 3 is 2.09 bits per heavy atom. The molecule has 0 fully saturated rings. The van der Waals surface area contributed by atoms with E-state index in [2.05, 4.69) is 90.6 Å². The zero-order valence-electron chi connectivity index (χ0n) is 21.2. The maximum absolute atomic E-state index is 13.3. The summed E-state index contributed by atoms with van der Waals surface area (Å²) in [4.78, 5) is 7.37. The summed E-state index contributed by atoms with van der Waals surface area (Å²) in [5.74, 6) is 1.18. The normalized spacial score (nSPS) is 11.0. The van der Waals surface area contributed by atoms with Crippen molar-refractivity contribution in [2.45, 2.75) is 51.8 Å². The summed E-state index contributed by atoms with van der Waals surface area (Å²) in [6.07, 6.45) is 11.4. The van der Waals surface area contributed by atoms with E-state index in [1.165, 1.54) is 23.9 Å². The lowest BCUT2D eigenvalue weighted by Crippen LogP contribution is -1.99. The Morgan fingerprint density at radius 2 is 1.54 bits per heavy atom. The zero-order chi connectivity index (χ0) is 24.9. The predicted octanol–water partition coefficient (Wildman–Crippen LogP) is 7.22. The Morgan fingerprint density at radius 1 is 0.914 bits per heavy atom. The highest BCUT2D eigenvalue weighted by Crippen LogP contribution is 2.28. The molecule has 0 saturated carbocycles. The molecule has 1 N–H and O–H groups in total. The highest BCUT2D eigenvalue weighted by molar-refractivity contribution is 6.08. The summed E-state index contributed by atoms with van der Waals surface area (Å²) >= 11 is 0. The molecule has 0 amide bonds. The number of nitrogens with zero attached hydrogens (tertiary/aromatic N) is 1. The molecule has 0 atom stereocenters. The molecule has 0 aliphatic heterocycles. The topological polar surface area (TPSA) is 28.7 Å². The molecule has 0 unspecified atom stereocenters. The Kier molecular flexibility index (Phi) is 10.6. The molecular weight excluding hydrogens is 430 g/mol.